The number of hydrogen-bond donors (Lipinski definition) is 1. The molecule has 2 aromatic heterocycles. The highest BCUT2D eigenvalue weighted by atomic mass is 16.5. The lowest BCUT2D eigenvalue weighted by Gasteiger charge is -2.28. The van der Waals surface area contributed by atoms with Gasteiger partial charge in [-0.1, -0.05) is 0 Å². The first kappa shape index (κ1) is 16.2. The van der Waals surface area contributed by atoms with Crippen LogP contribution in [-0.2, 0) is 4.74 Å². The lowest BCUT2D eigenvalue weighted by Crippen LogP contribution is -2.37. The van der Waals surface area contributed by atoms with Gasteiger partial charge in [-0.05, 0) is 6.92 Å². The van der Waals surface area contributed by atoms with Crippen molar-refractivity contribution in [3.8, 4) is 0 Å². The van der Waals surface area contributed by atoms with Crippen molar-refractivity contribution in [1.82, 2.24) is 19.3 Å². The summed E-state index contributed by atoms with van der Waals surface area (Å²) in [6.45, 7) is 4.56. The molecule has 0 bridgehead atoms. The van der Waals surface area contributed by atoms with E-state index in [1.54, 1.807) is 32.7 Å². The van der Waals surface area contributed by atoms with Gasteiger partial charge in [0.05, 0.1) is 19.4 Å². The number of hydrazone groups is 1. The van der Waals surface area contributed by atoms with Gasteiger partial charge in [0.25, 0.3) is 5.91 Å². The van der Waals surface area contributed by atoms with Gasteiger partial charge in [-0.25, -0.2) is 9.97 Å². The standard InChI is InChI=1S/C15H21N7O2/c1-4-16-19-12-10-22-9-11(15(23)20(2)3)17-13(22)14(18-12)21-5-7-24-8-6-21/h4,9-10,19H,5-8H2,1-3H3/b16-4+. The third-order valence-corrected chi connectivity index (χ3v) is 3.66. The molecule has 1 aliphatic rings. The first-order valence-electron chi connectivity index (χ1n) is 7.78. The minimum absolute atomic E-state index is 0.146. The van der Waals surface area contributed by atoms with E-state index in [1.807, 2.05) is 11.3 Å². The van der Waals surface area contributed by atoms with Gasteiger partial charge >= 0.3 is 0 Å². The van der Waals surface area contributed by atoms with Crippen molar-refractivity contribution < 1.29 is 9.53 Å². The van der Waals surface area contributed by atoms with Crippen LogP contribution in [-0.4, -0.2) is 71.8 Å². The number of hydrogen-bond acceptors (Lipinski definition) is 7. The highest BCUT2D eigenvalue weighted by Gasteiger charge is 2.21. The van der Waals surface area contributed by atoms with Crippen molar-refractivity contribution in [3.05, 3.63) is 18.1 Å². The molecule has 1 aliphatic heterocycles. The zero-order chi connectivity index (χ0) is 17.1. The molecule has 0 radical (unpaired) electrons. The second-order valence-corrected chi connectivity index (χ2v) is 5.60. The molecule has 1 saturated heterocycles. The third-order valence-electron chi connectivity index (χ3n) is 3.66. The van der Waals surface area contributed by atoms with Gasteiger partial charge in [-0.2, -0.15) is 5.10 Å². The predicted octanol–water partition coefficient (Wildman–Crippen LogP) is 0.685. The maximum absolute atomic E-state index is 12.2. The van der Waals surface area contributed by atoms with Crippen molar-refractivity contribution in [2.45, 2.75) is 6.92 Å². The van der Waals surface area contributed by atoms with E-state index < -0.39 is 0 Å². The quantitative estimate of drug-likeness (QED) is 0.655. The lowest BCUT2D eigenvalue weighted by molar-refractivity contribution is 0.0822. The topological polar surface area (TPSA) is 87.4 Å². The Morgan fingerprint density at radius 3 is 2.75 bits per heavy atom. The Labute approximate surface area is 139 Å². The van der Waals surface area contributed by atoms with Crippen LogP contribution in [0, 0.1) is 0 Å². The fraction of sp³-hybridized carbons (Fsp3) is 0.467. The zero-order valence-electron chi connectivity index (χ0n) is 14.1. The van der Waals surface area contributed by atoms with E-state index in [2.05, 4.69) is 25.4 Å². The van der Waals surface area contributed by atoms with Crippen LogP contribution in [0.5, 0.6) is 0 Å². The molecule has 1 amide bonds. The van der Waals surface area contributed by atoms with Crippen LogP contribution in [0.15, 0.2) is 17.5 Å². The summed E-state index contributed by atoms with van der Waals surface area (Å²) < 4.78 is 7.21. The van der Waals surface area contributed by atoms with Crippen molar-refractivity contribution in [2.75, 3.05) is 50.7 Å². The van der Waals surface area contributed by atoms with E-state index in [9.17, 15) is 4.79 Å². The highest BCUT2D eigenvalue weighted by Crippen LogP contribution is 2.23. The van der Waals surface area contributed by atoms with Gasteiger partial charge in [0.2, 0.25) is 0 Å². The number of carbonyl (C=O) groups is 1. The maximum atomic E-state index is 12.2. The Hall–Kier alpha value is -2.68. The van der Waals surface area contributed by atoms with E-state index in [1.165, 1.54) is 4.90 Å². The number of nitrogens with one attached hydrogen (secondary N) is 1. The fourth-order valence-electron chi connectivity index (χ4n) is 2.49. The summed E-state index contributed by atoms with van der Waals surface area (Å²) in [5.41, 5.74) is 3.91. The molecule has 3 heterocycles. The van der Waals surface area contributed by atoms with Gasteiger partial charge < -0.3 is 14.5 Å². The van der Waals surface area contributed by atoms with Crippen LogP contribution in [0.3, 0.4) is 0 Å². The third kappa shape index (κ3) is 3.16. The molecule has 128 valence electrons. The second-order valence-electron chi connectivity index (χ2n) is 5.60. The van der Waals surface area contributed by atoms with Crippen LogP contribution in [0.1, 0.15) is 17.4 Å². The molecule has 3 rings (SSSR count). The van der Waals surface area contributed by atoms with Crippen LogP contribution < -0.4 is 10.3 Å². The summed E-state index contributed by atoms with van der Waals surface area (Å²) in [6, 6.07) is 0. The largest absolute Gasteiger partial charge is 0.378 e. The van der Waals surface area contributed by atoms with Gasteiger partial charge in [0, 0.05) is 39.6 Å². The Morgan fingerprint density at radius 1 is 1.33 bits per heavy atom. The van der Waals surface area contributed by atoms with E-state index >= 15 is 0 Å². The first-order chi connectivity index (χ1) is 11.6. The average Bonchev–Trinajstić information content (AvgIpc) is 3.03. The number of nitrogens with zero attached hydrogens (tertiary/aromatic N) is 6. The summed E-state index contributed by atoms with van der Waals surface area (Å²) in [4.78, 5) is 24.9. The molecule has 0 atom stereocenters. The molecule has 0 saturated carbocycles. The summed E-state index contributed by atoms with van der Waals surface area (Å²) >= 11 is 0. The molecule has 9 nitrogen and oxygen atoms in total. The number of morpholine rings is 1. The molecule has 0 unspecified atom stereocenters. The average molecular weight is 331 g/mol. The number of anilines is 2. The Balaban J connectivity index is 2.08. The minimum Gasteiger partial charge on any atom is -0.378 e. The van der Waals surface area contributed by atoms with E-state index in [-0.39, 0.29) is 5.91 Å². The number of ether oxygens (including phenoxy) is 1. The molecule has 24 heavy (non-hydrogen) atoms. The Kier molecular flexibility index (Phi) is 4.61. The normalized spacial score (nSPS) is 15.2. The molecule has 1 N–H and O–H groups in total. The van der Waals surface area contributed by atoms with Crippen molar-refractivity contribution in [3.63, 3.8) is 0 Å². The number of amides is 1. The van der Waals surface area contributed by atoms with Gasteiger partial charge in [0.15, 0.2) is 17.3 Å². The van der Waals surface area contributed by atoms with Crippen LogP contribution in [0.25, 0.3) is 5.65 Å². The van der Waals surface area contributed by atoms with Crippen LogP contribution in [0.2, 0.25) is 0 Å². The number of imidazole rings is 1. The summed E-state index contributed by atoms with van der Waals surface area (Å²) in [7, 11) is 3.41. The summed E-state index contributed by atoms with van der Waals surface area (Å²) in [5.74, 6) is 1.16. The molecular formula is C15H21N7O2. The smallest absolute Gasteiger partial charge is 0.273 e. The van der Waals surface area contributed by atoms with Gasteiger partial charge in [0.1, 0.15) is 5.69 Å². The van der Waals surface area contributed by atoms with Crippen LogP contribution >= 0.6 is 0 Å². The van der Waals surface area contributed by atoms with Crippen molar-refractivity contribution >= 4 is 29.4 Å². The monoisotopic (exact) mass is 331 g/mol. The SMILES string of the molecule is C/C=N/Nc1cn2cc(C(=O)N(C)C)nc2c(N2CCOCC2)n1. The predicted molar refractivity (Wildman–Crippen MR) is 91.8 cm³/mol. The first-order valence-corrected chi connectivity index (χ1v) is 7.78. The molecule has 0 aromatic carbocycles. The lowest BCUT2D eigenvalue weighted by atomic mass is 10.4. The van der Waals surface area contributed by atoms with Crippen molar-refractivity contribution in [1.29, 1.82) is 0 Å². The van der Waals surface area contributed by atoms with Gasteiger partial charge in [-0.15, -0.1) is 0 Å². The van der Waals surface area contributed by atoms with E-state index in [0.717, 1.165) is 13.1 Å². The highest BCUT2D eigenvalue weighted by molar-refractivity contribution is 5.93. The molecule has 2 aromatic rings. The minimum atomic E-state index is -0.146. The summed E-state index contributed by atoms with van der Waals surface area (Å²) in [5, 5.41) is 4.02. The second kappa shape index (κ2) is 6.83. The zero-order valence-corrected chi connectivity index (χ0v) is 14.1. The number of carbonyl (C=O) groups excluding carboxylic acids is 1. The maximum Gasteiger partial charge on any atom is 0.273 e. The van der Waals surface area contributed by atoms with Crippen molar-refractivity contribution in [2.24, 2.45) is 5.10 Å². The molecule has 1 fully saturated rings. The fourth-order valence-corrected chi connectivity index (χ4v) is 2.49. The molecule has 9 heteroatoms. The van der Waals surface area contributed by atoms with E-state index in [4.69, 9.17) is 4.74 Å². The summed E-state index contributed by atoms with van der Waals surface area (Å²) in [6.07, 6.45) is 5.13. The Morgan fingerprint density at radius 2 is 2.08 bits per heavy atom. The number of rotatable bonds is 4. The van der Waals surface area contributed by atoms with E-state index in [0.29, 0.717) is 36.2 Å². The molecule has 0 aliphatic carbocycles. The van der Waals surface area contributed by atoms with Gasteiger partial charge in [-0.3, -0.25) is 14.6 Å². The molecule has 0 spiro atoms. The Bertz CT molecular complexity index is 763. The van der Waals surface area contributed by atoms with Crippen LogP contribution in [0.4, 0.5) is 11.6 Å². The number of fused-ring (bicyclic) bond motifs is 1. The molecular weight excluding hydrogens is 310 g/mol. The number of aromatic nitrogens is 3.